The summed E-state index contributed by atoms with van der Waals surface area (Å²) in [6, 6.07) is 1.78. The summed E-state index contributed by atoms with van der Waals surface area (Å²) < 4.78 is 26.0. The Morgan fingerprint density at radius 3 is 2.27 bits per heavy atom. The number of halogens is 2. The van der Waals surface area contributed by atoms with E-state index in [9.17, 15) is 13.9 Å². The minimum Gasteiger partial charge on any atom is -0.505 e. The van der Waals surface area contributed by atoms with Gasteiger partial charge in [-0.05, 0) is 12.1 Å². The molecule has 0 amide bonds. The smallest absolute Gasteiger partial charge is 0.200 e. The van der Waals surface area contributed by atoms with Crippen LogP contribution in [0.5, 0.6) is 5.75 Å². The molecule has 0 bridgehead atoms. The lowest BCUT2D eigenvalue weighted by molar-refractivity contribution is -0.0171. The average Bonchev–Trinajstić information content (AvgIpc) is 2.24. The number of hydrogen-bond acceptors (Lipinski definition) is 4. The number of aliphatic hydroxyl groups excluding tert-OH is 3. The van der Waals surface area contributed by atoms with Crippen molar-refractivity contribution < 1.29 is 29.2 Å². The zero-order valence-corrected chi connectivity index (χ0v) is 7.56. The number of rotatable bonds is 3. The van der Waals surface area contributed by atoms with Crippen LogP contribution in [0.15, 0.2) is 12.1 Å². The van der Waals surface area contributed by atoms with Crippen LogP contribution in [0.25, 0.3) is 0 Å². The van der Waals surface area contributed by atoms with Crippen LogP contribution in [0.4, 0.5) is 8.78 Å². The third-order valence-electron chi connectivity index (χ3n) is 1.96. The first-order valence-corrected chi connectivity index (χ1v) is 4.13. The fourth-order valence-electron chi connectivity index (χ4n) is 1.09. The van der Waals surface area contributed by atoms with Crippen molar-refractivity contribution in [1.29, 1.82) is 0 Å². The van der Waals surface area contributed by atoms with Gasteiger partial charge in [0, 0.05) is 5.56 Å². The van der Waals surface area contributed by atoms with E-state index in [0.717, 1.165) is 12.1 Å². The Labute approximate surface area is 84.0 Å². The summed E-state index contributed by atoms with van der Waals surface area (Å²) in [6.45, 7) is -0.789. The molecule has 0 spiro atoms. The molecule has 1 aromatic rings. The van der Waals surface area contributed by atoms with E-state index in [1.807, 2.05) is 0 Å². The molecule has 0 aliphatic carbocycles. The Morgan fingerprint density at radius 1 is 1.13 bits per heavy atom. The molecule has 0 aliphatic heterocycles. The lowest BCUT2D eigenvalue weighted by atomic mass is 10.0. The van der Waals surface area contributed by atoms with Crippen molar-refractivity contribution >= 4 is 0 Å². The maximum absolute atomic E-state index is 13.1. The predicted octanol–water partition coefficient (Wildman–Crippen LogP) is 0.0570. The third kappa shape index (κ3) is 2.23. The Bertz CT molecular complexity index is 356. The van der Waals surface area contributed by atoms with Crippen LogP contribution in [0, 0.1) is 11.6 Å². The van der Waals surface area contributed by atoms with E-state index >= 15 is 0 Å². The van der Waals surface area contributed by atoms with Crippen LogP contribution in [0.3, 0.4) is 0 Å². The van der Waals surface area contributed by atoms with Crippen LogP contribution in [0.2, 0.25) is 0 Å². The van der Waals surface area contributed by atoms with Crippen LogP contribution < -0.4 is 0 Å². The molecule has 6 heteroatoms. The molecule has 2 unspecified atom stereocenters. The zero-order valence-electron chi connectivity index (χ0n) is 7.56. The Morgan fingerprint density at radius 2 is 1.73 bits per heavy atom. The van der Waals surface area contributed by atoms with Gasteiger partial charge in [0.2, 0.25) is 5.82 Å². The molecule has 0 saturated carbocycles. The largest absolute Gasteiger partial charge is 0.505 e. The molecule has 0 radical (unpaired) electrons. The van der Waals surface area contributed by atoms with Crippen molar-refractivity contribution in [2.24, 2.45) is 0 Å². The van der Waals surface area contributed by atoms with Gasteiger partial charge < -0.3 is 20.4 Å². The van der Waals surface area contributed by atoms with Crippen molar-refractivity contribution in [2.45, 2.75) is 12.2 Å². The molecule has 0 fully saturated rings. The zero-order chi connectivity index (χ0) is 11.6. The highest BCUT2D eigenvalue weighted by Crippen LogP contribution is 2.26. The molecular formula is C9H10F2O4. The standard InChI is InChI=1S/C9H10F2O4/c10-7-4(9(15)6(14)3-12)1-2-5(13)8(7)11/h1-2,6,9,12-15H,3H2. The van der Waals surface area contributed by atoms with E-state index in [2.05, 4.69) is 0 Å². The lowest BCUT2D eigenvalue weighted by Crippen LogP contribution is -2.23. The summed E-state index contributed by atoms with van der Waals surface area (Å²) in [7, 11) is 0. The number of aliphatic hydroxyl groups is 3. The first kappa shape index (κ1) is 11.8. The number of phenolic OH excluding ortho intramolecular Hbond substituents is 1. The fourth-order valence-corrected chi connectivity index (χ4v) is 1.09. The first-order valence-electron chi connectivity index (χ1n) is 4.13. The number of benzene rings is 1. The maximum Gasteiger partial charge on any atom is 0.200 e. The van der Waals surface area contributed by atoms with Gasteiger partial charge in [0.15, 0.2) is 11.6 Å². The third-order valence-corrected chi connectivity index (χ3v) is 1.96. The molecule has 15 heavy (non-hydrogen) atoms. The predicted molar refractivity (Wildman–Crippen MR) is 46.1 cm³/mol. The molecule has 2 atom stereocenters. The van der Waals surface area contributed by atoms with Crippen molar-refractivity contribution in [1.82, 2.24) is 0 Å². The summed E-state index contributed by atoms with van der Waals surface area (Å²) in [5.41, 5.74) is -0.521. The van der Waals surface area contributed by atoms with Gasteiger partial charge in [-0.15, -0.1) is 0 Å². The van der Waals surface area contributed by atoms with E-state index in [1.165, 1.54) is 0 Å². The van der Waals surface area contributed by atoms with E-state index in [-0.39, 0.29) is 0 Å². The van der Waals surface area contributed by atoms with Gasteiger partial charge in [0.05, 0.1) is 6.61 Å². The molecule has 84 valence electrons. The van der Waals surface area contributed by atoms with E-state index in [0.29, 0.717) is 0 Å². The van der Waals surface area contributed by atoms with Crippen LogP contribution in [0.1, 0.15) is 11.7 Å². The van der Waals surface area contributed by atoms with E-state index in [1.54, 1.807) is 0 Å². The topological polar surface area (TPSA) is 80.9 Å². The highest BCUT2D eigenvalue weighted by atomic mass is 19.2. The van der Waals surface area contributed by atoms with Gasteiger partial charge in [-0.25, -0.2) is 4.39 Å². The fraction of sp³-hybridized carbons (Fsp3) is 0.333. The molecule has 0 heterocycles. The molecule has 4 nitrogen and oxygen atoms in total. The van der Waals surface area contributed by atoms with Gasteiger partial charge >= 0.3 is 0 Å². The monoisotopic (exact) mass is 220 g/mol. The van der Waals surface area contributed by atoms with Gasteiger partial charge in [0.1, 0.15) is 12.2 Å². The summed E-state index contributed by atoms with van der Waals surface area (Å²) >= 11 is 0. The van der Waals surface area contributed by atoms with Gasteiger partial charge in [-0.3, -0.25) is 0 Å². The van der Waals surface area contributed by atoms with Crippen LogP contribution >= 0.6 is 0 Å². The number of aromatic hydroxyl groups is 1. The second-order valence-corrected chi connectivity index (χ2v) is 3.00. The molecule has 0 aromatic heterocycles. The SMILES string of the molecule is OCC(O)C(O)c1ccc(O)c(F)c1F. The Kier molecular flexibility index (Phi) is 3.57. The molecular weight excluding hydrogens is 210 g/mol. The van der Waals surface area contributed by atoms with Crippen molar-refractivity contribution in [3.8, 4) is 5.75 Å². The lowest BCUT2D eigenvalue weighted by Gasteiger charge is -2.16. The number of phenols is 1. The molecule has 0 aliphatic rings. The molecule has 1 rings (SSSR count). The Balaban J connectivity index is 3.10. The Hall–Kier alpha value is -1.24. The summed E-state index contributed by atoms with van der Waals surface area (Å²) in [5.74, 6) is -3.84. The summed E-state index contributed by atoms with van der Waals surface area (Å²) in [4.78, 5) is 0. The highest BCUT2D eigenvalue weighted by Gasteiger charge is 2.24. The van der Waals surface area contributed by atoms with Crippen molar-refractivity contribution in [3.05, 3.63) is 29.3 Å². The quantitative estimate of drug-likeness (QED) is 0.580. The summed E-state index contributed by atoms with van der Waals surface area (Å²) in [5, 5.41) is 35.6. The van der Waals surface area contributed by atoms with Crippen molar-refractivity contribution in [2.75, 3.05) is 6.61 Å². The van der Waals surface area contributed by atoms with Crippen molar-refractivity contribution in [3.63, 3.8) is 0 Å². The normalized spacial score (nSPS) is 15.0. The summed E-state index contributed by atoms with van der Waals surface area (Å²) in [6.07, 6.45) is -3.35. The van der Waals surface area contributed by atoms with Gasteiger partial charge in [-0.1, -0.05) is 0 Å². The molecule has 1 aromatic carbocycles. The van der Waals surface area contributed by atoms with Gasteiger partial charge in [-0.2, -0.15) is 4.39 Å². The second kappa shape index (κ2) is 4.52. The number of hydrogen-bond donors (Lipinski definition) is 4. The van der Waals surface area contributed by atoms with Crippen LogP contribution in [-0.2, 0) is 0 Å². The maximum atomic E-state index is 13.1. The molecule has 0 saturated heterocycles. The molecule has 4 N–H and O–H groups in total. The second-order valence-electron chi connectivity index (χ2n) is 3.00. The minimum atomic E-state index is -1.75. The van der Waals surface area contributed by atoms with Crippen LogP contribution in [-0.4, -0.2) is 33.1 Å². The van der Waals surface area contributed by atoms with E-state index < -0.39 is 41.8 Å². The first-order chi connectivity index (χ1) is 6.99. The van der Waals surface area contributed by atoms with E-state index in [4.69, 9.17) is 15.3 Å². The minimum absolute atomic E-state index is 0.521. The van der Waals surface area contributed by atoms with Gasteiger partial charge in [0.25, 0.3) is 0 Å². The highest BCUT2D eigenvalue weighted by molar-refractivity contribution is 5.31. The average molecular weight is 220 g/mol.